The van der Waals surface area contributed by atoms with Crippen molar-refractivity contribution >= 4 is 5.78 Å². The van der Waals surface area contributed by atoms with E-state index in [4.69, 9.17) is 9.47 Å². The van der Waals surface area contributed by atoms with Crippen LogP contribution in [0.3, 0.4) is 0 Å². The fourth-order valence-electron chi connectivity index (χ4n) is 1.61. The second kappa shape index (κ2) is 6.89. The molecule has 0 saturated heterocycles. The van der Waals surface area contributed by atoms with Gasteiger partial charge in [0.25, 0.3) is 0 Å². The van der Waals surface area contributed by atoms with Crippen LogP contribution in [0.5, 0.6) is 17.2 Å². The number of hydrogen-bond donors (Lipinski definition) is 1. The highest BCUT2D eigenvalue weighted by atomic mass is 16.5. The second-order valence-corrected chi connectivity index (χ2v) is 3.87. The predicted molar refractivity (Wildman–Crippen MR) is 69.7 cm³/mol. The van der Waals surface area contributed by atoms with E-state index >= 15 is 0 Å². The lowest BCUT2D eigenvalue weighted by atomic mass is 10.1. The number of phenolic OH excluding ortho intramolecular Hbond substituents is 1. The van der Waals surface area contributed by atoms with E-state index in [-0.39, 0.29) is 17.1 Å². The molecule has 0 atom stereocenters. The van der Waals surface area contributed by atoms with Crippen LogP contribution in [0.4, 0.5) is 0 Å². The summed E-state index contributed by atoms with van der Waals surface area (Å²) >= 11 is 0. The molecule has 0 amide bonds. The van der Waals surface area contributed by atoms with Gasteiger partial charge in [-0.05, 0) is 13.3 Å². The monoisotopic (exact) mass is 252 g/mol. The maximum Gasteiger partial charge on any atom is 0.170 e. The Hall–Kier alpha value is -1.71. The zero-order valence-corrected chi connectivity index (χ0v) is 11.2. The molecule has 0 heterocycles. The average Bonchev–Trinajstić information content (AvgIpc) is 2.35. The highest BCUT2D eigenvalue weighted by Gasteiger charge is 2.18. The Morgan fingerprint density at radius 1 is 1.22 bits per heavy atom. The van der Waals surface area contributed by atoms with Crippen LogP contribution in [0.1, 0.15) is 44.0 Å². The van der Waals surface area contributed by atoms with Crippen LogP contribution >= 0.6 is 0 Å². The van der Waals surface area contributed by atoms with E-state index in [1.165, 1.54) is 6.07 Å². The quantitative estimate of drug-likeness (QED) is 0.757. The molecular formula is C14H20O4. The van der Waals surface area contributed by atoms with Crippen LogP contribution in [0, 0.1) is 0 Å². The van der Waals surface area contributed by atoms with Crippen molar-refractivity contribution in [3.05, 3.63) is 17.7 Å². The maximum atomic E-state index is 11.8. The highest BCUT2D eigenvalue weighted by molar-refractivity contribution is 6.01. The maximum absolute atomic E-state index is 11.8. The van der Waals surface area contributed by atoms with E-state index in [0.29, 0.717) is 31.1 Å². The molecule has 100 valence electrons. The summed E-state index contributed by atoms with van der Waals surface area (Å²) in [6, 6.07) is 3.10. The average molecular weight is 252 g/mol. The molecule has 0 aliphatic rings. The summed E-state index contributed by atoms with van der Waals surface area (Å²) in [6.45, 7) is 6.58. The Labute approximate surface area is 108 Å². The first-order chi connectivity index (χ1) is 8.63. The Balaban J connectivity index is 3.16. The smallest absolute Gasteiger partial charge is 0.170 e. The van der Waals surface area contributed by atoms with Crippen LogP contribution in [0.25, 0.3) is 0 Å². The van der Waals surface area contributed by atoms with Crippen molar-refractivity contribution in [2.24, 2.45) is 0 Å². The molecule has 1 aromatic rings. The number of aromatic hydroxyl groups is 1. The standard InChI is InChI=1S/C14H20O4/c1-4-7-18-13-9-10(17-6-3)8-12(16)14(13)11(15)5-2/h8-9,16H,4-7H2,1-3H3. The summed E-state index contributed by atoms with van der Waals surface area (Å²) in [4.78, 5) is 11.8. The van der Waals surface area contributed by atoms with Gasteiger partial charge in [0.1, 0.15) is 22.8 Å². The number of ketones is 1. The SMILES string of the molecule is CCCOc1cc(OCC)cc(O)c1C(=O)CC. The van der Waals surface area contributed by atoms with E-state index in [9.17, 15) is 9.90 Å². The topological polar surface area (TPSA) is 55.8 Å². The van der Waals surface area contributed by atoms with Crippen LogP contribution in [0.2, 0.25) is 0 Å². The molecule has 1 rings (SSSR count). The fourth-order valence-corrected chi connectivity index (χ4v) is 1.61. The van der Waals surface area contributed by atoms with Gasteiger partial charge >= 0.3 is 0 Å². The Morgan fingerprint density at radius 3 is 2.50 bits per heavy atom. The summed E-state index contributed by atoms with van der Waals surface area (Å²) in [5.41, 5.74) is 0.245. The first kappa shape index (κ1) is 14.4. The Bertz CT molecular complexity index is 413. The largest absolute Gasteiger partial charge is 0.507 e. The molecule has 1 aromatic carbocycles. The summed E-state index contributed by atoms with van der Waals surface area (Å²) in [6.07, 6.45) is 1.16. The lowest BCUT2D eigenvalue weighted by molar-refractivity contribution is 0.0981. The van der Waals surface area contributed by atoms with Crippen molar-refractivity contribution in [1.29, 1.82) is 0 Å². The minimum Gasteiger partial charge on any atom is -0.507 e. The number of rotatable bonds is 7. The number of phenols is 1. The van der Waals surface area contributed by atoms with Gasteiger partial charge in [-0.15, -0.1) is 0 Å². The van der Waals surface area contributed by atoms with E-state index in [1.54, 1.807) is 13.0 Å². The van der Waals surface area contributed by atoms with Crippen molar-refractivity contribution in [3.8, 4) is 17.2 Å². The minimum absolute atomic E-state index is 0.0843. The lowest BCUT2D eigenvalue weighted by Gasteiger charge is -2.13. The number of ether oxygens (including phenoxy) is 2. The van der Waals surface area contributed by atoms with Gasteiger partial charge in [-0.1, -0.05) is 13.8 Å². The van der Waals surface area contributed by atoms with E-state index < -0.39 is 0 Å². The van der Waals surface area contributed by atoms with E-state index in [1.807, 2.05) is 13.8 Å². The predicted octanol–water partition coefficient (Wildman–Crippen LogP) is 3.17. The summed E-state index contributed by atoms with van der Waals surface area (Å²) in [7, 11) is 0. The van der Waals surface area contributed by atoms with Crippen molar-refractivity contribution in [3.63, 3.8) is 0 Å². The number of carbonyl (C=O) groups is 1. The number of benzene rings is 1. The molecule has 4 nitrogen and oxygen atoms in total. The second-order valence-electron chi connectivity index (χ2n) is 3.87. The van der Waals surface area contributed by atoms with Gasteiger partial charge in [-0.3, -0.25) is 4.79 Å². The van der Waals surface area contributed by atoms with Crippen molar-refractivity contribution in [1.82, 2.24) is 0 Å². The number of Topliss-reactive ketones (excluding diaryl/α,β-unsaturated/α-hetero) is 1. The third-order valence-corrected chi connectivity index (χ3v) is 2.43. The van der Waals surface area contributed by atoms with Gasteiger partial charge in [-0.2, -0.15) is 0 Å². The zero-order chi connectivity index (χ0) is 13.5. The molecular weight excluding hydrogens is 232 g/mol. The third kappa shape index (κ3) is 3.39. The molecule has 0 unspecified atom stereocenters. The molecule has 0 spiro atoms. The Kier molecular flexibility index (Phi) is 5.49. The van der Waals surface area contributed by atoms with E-state index in [0.717, 1.165) is 6.42 Å². The van der Waals surface area contributed by atoms with Crippen LogP contribution in [-0.4, -0.2) is 24.1 Å². The van der Waals surface area contributed by atoms with Gasteiger partial charge in [0.05, 0.1) is 13.2 Å². The van der Waals surface area contributed by atoms with Gasteiger partial charge in [0, 0.05) is 18.6 Å². The summed E-state index contributed by atoms with van der Waals surface area (Å²) < 4.78 is 10.8. The van der Waals surface area contributed by atoms with Crippen molar-refractivity contribution < 1.29 is 19.4 Å². The van der Waals surface area contributed by atoms with E-state index in [2.05, 4.69) is 0 Å². The van der Waals surface area contributed by atoms with Gasteiger partial charge in [-0.25, -0.2) is 0 Å². The molecule has 0 bridgehead atoms. The molecule has 0 saturated carbocycles. The zero-order valence-electron chi connectivity index (χ0n) is 11.2. The molecule has 0 aliphatic carbocycles. The lowest BCUT2D eigenvalue weighted by Crippen LogP contribution is -2.05. The van der Waals surface area contributed by atoms with Crippen LogP contribution < -0.4 is 9.47 Å². The van der Waals surface area contributed by atoms with Gasteiger partial charge in [0.2, 0.25) is 0 Å². The van der Waals surface area contributed by atoms with Crippen molar-refractivity contribution in [2.75, 3.05) is 13.2 Å². The number of hydrogen-bond acceptors (Lipinski definition) is 4. The normalized spacial score (nSPS) is 10.2. The molecule has 1 N–H and O–H groups in total. The molecule has 18 heavy (non-hydrogen) atoms. The third-order valence-electron chi connectivity index (χ3n) is 2.43. The Morgan fingerprint density at radius 2 is 1.94 bits per heavy atom. The first-order valence-electron chi connectivity index (χ1n) is 6.29. The van der Waals surface area contributed by atoms with Crippen molar-refractivity contribution in [2.45, 2.75) is 33.6 Å². The summed E-state index contributed by atoms with van der Waals surface area (Å²) in [5, 5.41) is 9.92. The summed E-state index contributed by atoms with van der Waals surface area (Å²) in [5.74, 6) is 0.682. The highest BCUT2D eigenvalue weighted by Crippen LogP contribution is 2.34. The van der Waals surface area contributed by atoms with Gasteiger partial charge in [0.15, 0.2) is 5.78 Å². The molecule has 4 heteroatoms. The first-order valence-corrected chi connectivity index (χ1v) is 6.29. The van der Waals surface area contributed by atoms with Crippen LogP contribution in [0.15, 0.2) is 12.1 Å². The van der Waals surface area contributed by atoms with Gasteiger partial charge < -0.3 is 14.6 Å². The van der Waals surface area contributed by atoms with Crippen LogP contribution in [-0.2, 0) is 0 Å². The number of carbonyl (C=O) groups excluding carboxylic acids is 1. The molecule has 0 aliphatic heterocycles. The molecule has 0 aromatic heterocycles. The molecule has 0 fully saturated rings. The minimum atomic E-state index is -0.137. The molecule has 0 radical (unpaired) electrons. The fraction of sp³-hybridized carbons (Fsp3) is 0.500.